The molecule has 1 aliphatic heterocycles. The zero-order valence-corrected chi connectivity index (χ0v) is 13.4. The molecule has 1 aliphatic rings. The molecule has 0 saturated carbocycles. The van der Waals surface area contributed by atoms with Crippen LogP contribution in [-0.2, 0) is 0 Å². The van der Waals surface area contributed by atoms with Crippen molar-refractivity contribution in [1.29, 1.82) is 0 Å². The Bertz CT molecular complexity index is 242. The zero-order valence-electron chi connectivity index (χ0n) is 13.4. The molecule has 2 unspecified atom stereocenters. The van der Waals surface area contributed by atoms with E-state index in [9.17, 15) is 0 Å². The van der Waals surface area contributed by atoms with Crippen molar-refractivity contribution in [2.45, 2.75) is 59.2 Å². The van der Waals surface area contributed by atoms with Crippen LogP contribution in [0.4, 0.5) is 0 Å². The predicted molar refractivity (Wildman–Crippen MR) is 79.7 cm³/mol. The molecule has 0 aromatic carbocycles. The lowest BCUT2D eigenvalue weighted by atomic mass is 9.74. The van der Waals surface area contributed by atoms with Crippen molar-refractivity contribution in [1.82, 2.24) is 9.80 Å². The molecular weight excluding hydrogens is 222 g/mol. The summed E-state index contributed by atoms with van der Waals surface area (Å²) in [5.74, 6) is 1.18. The molecule has 0 aromatic heterocycles. The van der Waals surface area contributed by atoms with Gasteiger partial charge in [0.2, 0.25) is 0 Å². The molecule has 0 amide bonds. The maximum absolute atomic E-state index is 6.21. The van der Waals surface area contributed by atoms with Gasteiger partial charge >= 0.3 is 0 Å². The predicted octanol–water partition coefficient (Wildman–Crippen LogP) is 2.02. The van der Waals surface area contributed by atoms with Gasteiger partial charge in [0.05, 0.1) is 0 Å². The van der Waals surface area contributed by atoms with Gasteiger partial charge in [-0.1, -0.05) is 27.7 Å². The lowest BCUT2D eigenvalue weighted by molar-refractivity contribution is -0.0535. The maximum atomic E-state index is 6.21. The van der Waals surface area contributed by atoms with E-state index in [1.807, 2.05) is 0 Å². The van der Waals surface area contributed by atoms with Gasteiger partial charge in [-0.3, -0.25) is 9.80 Å². The first-order valence-electron chi connectivity index (χ1n) is 7.44. The van der Waals surface area contributed by atoms with Gasteiger partial charge in [-0.25, -0.2) is 0 Å². The summed E-state index contributed by atoms with van der Waals surface area (Å²) in [7, 11) is 2.24. The van der Waals surface area contributed by atoms with Crippen LogP contribution in [0.1, 0.15) is 41.5 Å². The molecule has 1 saturated heterocycles. The van der Waals surface area contributed by atoms with Gasteiger partial charge in [-0.05, 0) is 32.7 Å². The molecule has 18 heavy (non-hydrogen) atoms. The molecular formula is C15H33N3. The molecule has 3 heteroatoms. The first-order chi connectivity index (χ1) is 8.27. The van der Waals surface area contributed by atoms with Gasteiger partial charge in [0, 0.05) is 37.3 Å². The summed E-state index contributed by atoms with van der Waals surface area (Å²) in [5, 5.41) is 0. The van der Waals surface area contributed by atoms with Gasteiger partial charge in [0.25, 0.3) is 0 Å². The van der Waals surface area contributed by atoms with Crippen LogP contribution in [0.15, 0.2) is 0 Å². The van der Waals surface area contributed by atoms with Crippen molar-refractivity contribution in [2.24, 2.45) is 17.6 Å². The SMILES string of the molecule is CC1CN(C(CN)(C(C)C)C(C)C)CC(C)N1C. The Hall–Kier alpha value is -0.120. The van der Waals surface area contributed by atoms with Crippen LogP contribution in [0.2, 0.25) is 0 Å². The number of piperazine rings is 1. The van der Waals surface area contributed by atoms with E-state index in [0.717, 1.165) is 19.6 Å². The third-order valence-corrected chi connectivity index (χ3v) is 5.28. The van der Waals surface area contributed by atoms with Crippen LogP contribution in [0.25, 0.3) is 0 Å². The minimum absolute atomic E-state index is 0.143. The Balaban J connectivity index is 3.00. The number of likely N-dealkylation sites (N-methyl/N-ethyl adjacent to an activating group) is 1. The fraction of sp³-hybridized carbons (Fsp3) is 1.00. The van der Waals surface area contributed by atoms with Crippen molar-refractivity contribution < 1.29 is 0 Å². The average molecular weight is 255 g/mol. The highest BCUT2D eigenvalue weighted by Crippen LogP contribution is 2.34. The molecule has 0 bridgehead atoms. The highest BCUT2D eigenvalue weighted by molar-refractivity contribution is 5.01. The molecule has 0 aromatic rings. The summed E-state index contributed by atoms with van der Waals surface area (Å²) >= 11 is 0. The zero-order chi connectivity index (χ0) is 14.1. The molecule has 0 radical (unpaired) electrons. The van der Waals surface area contributed by atoms with Crippen LogP contribution in [-0.4, -0.2) is 54.1 Å². The third kappa shape index (κ3) is 2.59. The van der Waals surface area contributed by atoms with Crippen molar-refractivity contribution in [2.75, 3.05) is 26.7 Å². The van der Waals surface area contributed by atoms with Crippen LogP contribution < -0.4 is 5.73 Å². The van der Waals surface area contributed by atoms with Gasteiger partial charge in [-0.2, -0.15) is 0 Å². The lowest BCUT2D eigenvalue weighted by Gasteiger charge is -2.55. The maximum Gasteiger partial charge on any atom is 0.0378 e. The Morgan fingerprint density at radius 1 is 1.06 bits per heavy atom. The normalized spacial score (nSPS) is 28.3. The lowest BCUT2D eigenvalue weighted by Crippen LogP contribution is -2.68. The molecule has 2 atom stereocenters. The van der Waals surface area contributed by atoms with Gasteiger partial charge in [-0.15, -0.1) is 0 Å². The first kappa shape index (κ1) is 15.9. The first-order valence-corrected chi connectivity index (χ1v) is 7.44. The molecule has 2 N–H and O–H groups in total. The third-order valence-electron chi connectivity index (χ3n) is 5.28. The van der Waals surface area contributed by atoms with Crippen molar-refractivity contribution >= 4 is 0 Å². The van der Waals surface area contributed by atoms with Gasteiger partial charge in [0.1, 0.15) is 0 Å². The summed E-state index contributed by atoms with van der Waals surface area (Å²) in [6, 6.07) is 1.22. The summed E-state index contributed by atoms with van der Waals surface area (Å²) in [6.07, 6.45) is 0. The Labute approximate surface area is 114 Å². The molecule has 3 nitrogen and oxygen atoms in total. The molecule has 1 heterocycles. The Morgan fingerprint density at radius 2 is 1.44 bits per heavy atom. The second-order valence-corrected chi connectivity index (χ2v) is 6.77. The Kier molecular flexibility index (Phi) is 5.22. The minimum Gasteiger partial charge on any atom is -0.329 e. The summed E-state index contributed by atoms with van der Waals surface area (Å²) < 4.78 is 0. The van der Waals surface area contributed by atoms with E-state index in [1.165, 1.54) is 0 Å². The van der Waals surface area contributed by atoms with Crippen LogP contribution >= 0.6 is 0 Å². The van der Waals surface area contributed by atoms with E-state index in [2.05, 4.69) is 58.4 Å². The summed E-state index contributed by atoms with van der Waals surface area (Å²) in [6.45, 7) is 16.9. The fourth-order valence-corrected chi connectivity index (χ4v) is 3.74. The van der Waals surface area contributed by atoms with Crippen molar-refractivity contribution in [3.05, 3.63) is 0 Å². The van der Waals surface area contributed by atoms with Crippen LogP contribution in [0.3, 0.4) is 0 Å². The molecule has 0 aliphatic carbocycles. The number of rotatable bonds is 4. The van der Waals surface area contributed by atoms with Crippen molar-refractivity contribution in [3.63, 3.8) is 0 Å². The monoisotopic (exact) mass is 255 g/mol. The fourth-order valence-electron chi connectivity index (χ4n) is 3.74. The number of hydrogen-bond donors (Lipinski definition) is 1. The topological polar surface area (TPSA) is 32.5 Å². The summed E-state index contributed by atoms with van der Waals surface area (Å²) in [5.41, 5.74) is 6.35. The number of nitrogens with zero attached hydrogens (tertiary/aromatic N) is 2. The Morgan fingerprint density at radius 3 is 1.72 bits per heavy atom. The van der Waals surface area contributed by atoms with E-state index in [1.54, 1.807) is 0 Å². The highest BCUT2D eigenvalue weighted by Gasteiger charge is 2.44. The van der Waals surface area contributed by atoms with E-state index < -0.39 is 0 Å². The summed E-state index contributed by atoms with van der Waals surface area (Å²) in [4.78, 5) is 5.15. The molecule has 1 fully saturated rings. The van der Waals surface area contributed by atoms with Crippen molar-refractivity contribution in [3.8, 4) is 0 Å². The van der Waals surface area contributed by atoms with Gasteiger partial charge in [0.15, 0.2) is 0 Å². The van der Waals surface area contributed by atoms with E-state index >= 15 is 0 Å². The molecule has 108 valence electrons. The second kappa shape index (κ2) is 5.89. The van der Waals surface area contributed by atoms with E-state index in [4.69, 9.17) is 5.73 Å². The number of nitrogens with two attached hydrogens (primary N) is 1. The molecule has 1 rings (SSSR count). The second-order valence-electron chi connectivity index (χ2n) is 6.77. The van der Waals surface area contributed by atoms with E-state index in [-0.39, 0.29) is 5.54 Å². The molecule has 0 spiro atoms. The number of hydrogen-bond acceptors (Lipinski definition) is 3. The largest absolute Gasteiger partial charge is 0.329 e. The minimum atomic E-state index is 0.143. The smallest absolute Gasteiger partial charge is 0.0378 e. The highest BCUT2D eigenvalue weighted by atomic mass is 15.3. The van der Waals surface area contributed by atoms with Gasteiger partial charge < -0.3 is 5.73 Å². The standard InChI is InChI=1S/C15H33N3/c1-11(2)15(10-16,12(3)4)18-8-13(5)17(7)14(6)9-18/h11-14H,8-10,16H2,1-7H3. The van der Waals surface area contributed by atoms with Crippen LogP contribution in [0.5, 0.6) is 0 Å². The van der Waals surface area contributed by atoms with Crippen LogP contribution in [0, 0.1) is 11.8 Å². The average Bonchev–Trinajstić information content (AvgIpc) is 2.26. The quantitative estimate of drug-likeness (QED) is 0.834. The van der Waals surface area contributed by atoms with E-state index in [0.29, 0.717) is 23.9 Å².